The van der Waals surface area contributed by atoms with Gasteiger partial charge in [0.25, 0.3) is 0 Å². The standard InChI is InChI=1S/C8H11BrN2O2S/c1-2-3-4-5-13-8(12)6-7(9)14-11-10-6/h2-5H2,1H3. The molecule has 0 amide bonds. The molecule has 4 nitrogen and oxygen atoms in total. The predicted molar refractivity (Wildman–Crippen MR) is 57.4 cm³/mol. The fraction of sp³-hybridized carbons (Fsp3) is 0.625. The van der Waals surface area contributed by atoms with Crippen LogP contribution in [0.4, 0.5) is 0 Å². The van der Waals surface area contributed by atoms with Crippen LogP contribution < -0.4 is 0 Å². The van der Waals surface area contributed by atoms with Gasteiger partial charge >= 0.3 is 5.97 Å². The van der Waals surface area contributed by atoms with Crippen LogP contribution in [0.25, 0.3) is 0 Å². The van der Waals surface area contributed by atoms with E-state index in [9.17, 15) is 4.79 Å². The Morgan fingerprint density at radius 2 is 2.36 bits per heavy atom. The number of nitrogens with zero attached hydrogens (tertiary/aromatic N) is 2. The van der Waals surface area contributed by atoms with Crippen molar-refractivity contribution in [2.24, 2.45) is 0 Å². The first-order valence-corrected chi connectivity index (χ1v) is 5.97. The van der Waals surface area contributed by atoms with Crippen LogP contribution in [-0.4, -0.2) is 22.2 Å². The number of halogens is 1. The third-order valence-corrected chi connectivity index (χ3v) is 2.95. The molecule has 0 atom stereocenters. The van der Waals surface area contributed by atoms with Gasteiger partial charge in [-0.3, -0.25) is 0 Å². The van der Waals surface area contributed by atoms with Crippen molar-refractivity contribution in [3.8, 4) is 0 Å². The van der Waals surface area contributed by atoms with Crippen LogP contribution >= 0.6 is 27.5 Å². The molecule has 0 spiro atoms. The fourth-order valence-electron chi connectivity index (χ4n) is 0.886. The van der Waals surface area contributed by atoms with Crippen molar-refractivity contribution >= 4 is 33.4 Å². The van der Waals surface area contributed by atoms with Crippen LogP contribution in [0.2, 0.25) is 0 Å². The Kier molecular flexibility index (Phi) is 5.03. The molecule has 0 unspecified atom stereocenters. The fourth-order valence-corrected chi connectivity index (χ4v) is 1.73. The highest BCUT2D eigenvalue weighted by Gasteiger charge is 2.15. The van der Waals surface area contributed by atoms with Crippen molar-refractivity contribution < 1.29 is 9.53 Å². The number of hydrogen-bond donors (Lipinski definition) is 0. The molecule has 0 aliphatic heterocycles. The van der Waals surface area contributed by atoms with Crippen LogP contribution in [0.15, 0.2) is 3.79 Å². The highest BCUT2D eigenvalue weighted by atomic mass is 79.9. The zero-order valence-electron chi connectivity index (χ0n) is 7.83. The van der Waals surface area contributed by atoms with Crippen molar-refractivity contribution in [1.29, 1.82) is 0 Å². The smallest absolute Gasteiger partial charge is 0.361 e. The lowest BCUT2D eigenvalue weighted by Crippen LogP contribution is -2.07. The average molecular weight is 279 g/mol. The van der Waals surface area contributed by atoms with Crippen LogP contribution in [0.3, 0.4) is 0 Å². The highest BCUT2D eigenvalue weighted by Crippen LogP contribution is 2.18. The molecule has 0 aromatic carbocycles. The first-order valence-electron chi connectivity index (χ1n) is 4.40. The molecule has 78 valence electrons. The van der Waals surface area contributed by atoms with E-state index in [1.807, 2.05) is 0 Å². The maximum Gasteiger partial charge on any atom is 0.361 e. The van der Waals surface area contributed by atoms with Crippen molar-refractivity contribution in [2.45, 2.75) is 26.2 Å². The lowest BCUT2D eigenvalue weighted by Gasteiger charge is -2.01. The van der Waals surface area contributed by atoms with Gasteiger partial charge in [-0.15, -0.1) is 5.10 Å². The van der Waals surface area contributed by atoms with E-state index >= 15 is 0 Å². The van der Waals surface area contributed by atoms with Crippen LogP contribution in [0.5, 0.6) is 0 Å². The normalized spacial score (nSPS) is 10.1. The molecule has 0 radical (unpaired) electrons. The molecular weight excluding hydrogens is 268 g/mol. The van der Waals surface area contributed by atoms with Crippen molar-refractivity contribution in [1.82, 2.24) is 9.59 Å². The second kappa shape index (κ2) is 6.08. The minimum Gasteiger partial charge on any atom is -0.461 e. The first-order chi connectivity index (χ1) is 6.75. The molecule has 0 aliphatic rings. The summed E-state index contributed by atoms with van der Waals surface area (Å²) < 4.78 is 9.26. The summed E-state index contributed by atoms with van der Waals surface area (Å²) >= 11 is 4.31. The van der Waals surface area contributed by atoms with E-state index in [0.29, 0.717) is 10.4 Å². The van der Waals surface area contributed by atoms with Gasteiger partial charge in [0.2, 0.25) is 0 Å². The van der Waals surface area contributed by atoms with E-state index in [1.165, 1.54) is 0 Å². The van der Waals surface area contributed by atoms with Crippen LogP contribution in [0.1, 0.15) is 36.7 Å². The van der Waals surface area contributed by atoms with E-state index in [4.69, 9.17) is 4.74 Å². The molecule has 0 fully saturated rings. The molecular formula is C8H11BrN2O2S. The van der Waals surface area contributed by atoms with E-state index in [1.54, 1.807) is 0 Å². The van der Waals surface area contributed by atoms with Gasteiger partial charge in [0.05, 0.1) is 6.61 Å². The number of aromatic nitrogens is 2. The second-order valence-corrected chi connectivity index (χ2v) is 4.81. The summed E-state index contributed by atoms with van der Waals surface area (Å²) in [6.07, 6.45) is 3.08. The Balaban J connectivity index is 2.32. The zero-order chi connectivity index (χ0) is 10.4. The van der Waals surface area contributed by atoms with Gasteiger partial charge in [-0.05, 0) is 33.9 Å². The molecule has 1 rings (SSSR count). The van der Waals surface area contributed by atoms with Gasteiger partial charge < -0.3 is 4.74 Å². The van der Waals surface area contributed by atoms with E-state index in [0.717, 1.165) is 30.8 Å². The molecule has 0 saturated carbocycles. The largest absolute Gasteiger partial charge is 0.461 e. The van der Waals surface area contributed by atoms with Gasteiger partial charge in [0, 0.05) is 0 Å². The van der Waals surface area contributed by atoms with Gasteiger partial charge in [-0.1, -0.05) is 24.3 Å². The summed E-state index contributed by atoms with van der Waals surface area (Å²) in [6, 6.07) is 0. The molecule has 14 heavy (non-hydrogen) atoms. The Bertz CT molecular complexity index is 303. The summed E-state index contributed by atoms with van der Waals surface area (Å²) in [6.45, 7) is 2.55. The summed E-state index contributed by atoms with van der Waals surface area (Å²) in [7, 11) is 0. The third-order valence-electron chi connectivity index (χ3n) is 1.62. The predicted octanol–water partition coefficient (Wildman–Crippen LogP) is 2.65. The summed E-state index contributed by atoms with van der Waals surface area (Å²) in [5.74, 6) is -0.401. The number of unbranched alkanes of at least 4 members (excludes halogenated alkanes) is 2. The molecule has 1 heterocycles. The van der Waals surface area contributed by atoms with Gasteiger partial charge in [-0.2, -0.15) is 0 Å². The summed E-state index contributed by atoms with van der Waals surface area (Å²) in [5.41, 5.74) is 0.270. The van der Waals surface area contributed by atoms with Gasteiger partial charge in [-0.25, -0.2) is 4.79 Å². The Hall–Kier alpha value is -0.490. The Labute approximate surface area is 95.0 Å². The van der Waals surface area contributed by atoms with E-state index < -0.39 is 5.97 Å². The minimum absolute atomic E-state index is 0.270. The SMILES string of the molecule is CCCCCOC(=O)c1nnsc1Br. The highest BCUT2D eigenvalue weighted by molar-refractivity contribution is 9.11. The second-order valence-electron chi connectivity index (χ2n) is 2.74. The number of ether oxygens (including phenoxy) is 1. The molecule has 0 saturated heterocycles. The summed E-state index contributed by atoms with van der Waals surface area (Å²) in [4.78, 5) is 11.3. The lowest BCUT2D eigenvalue weighted by molar-refractivity contribution is 0.0490. The minimum atomic E-state index is -0.401. The number of carbonyl (C=O) groups is 1. The molecule has 0 aliphatic carbocycles. The first kappa shape index (κ1) is 11.6. The number of hydrogen-bond acceptors (Lipinski definition) is 5. The van der Waals surface area contributed by atoms with Crippen LogP contribution in [-0.2, 0) is 4.74 Å². The molecule has 1 aromatic heterocycles. The summed E-state index contributed by atoms with van der Waals surface area (Å²) in [5, 5.41) is 3.66. The van der Waals surface area contributed by atoms with E-state index in [2.05, 4.69) is 32.4 Å². The molecule has 1 aromatic rings. The topological polar surface area (TPSA) is 52.1 Å². The molecule has 0 bridgehead atoms. The van der Waals surface area contributed by atoms with Gasteiger partial charge in [0.15, 0.2) is 5.69 Å². The van der Waals surface area contributed by atoms with Crippen LogP contribution in [0, 0.1) is 0 Å². The Morgan fingerprint density at radius 1 is 1.57 bits per heavy atom. The Morgan fingerprint density at radius 3 is 2.93 bits per heavy atom. The zero-order valence-corrected chi connectivity index (χ0v) is 10.2. The van der Waals surface area contributed by atoms with Crippen molar-refractivity contribution in [3.63, 3.8) is 0 Å². The molecule has 6 heteroatoms. The maximum atomic E-state index is 11.3. The lowest BCUT2D eigenvalue weighted by atomic mass is 10.3. The van der Waals surface area contributed by atoms with Crippen molar-refractivity contribution in [3.05, 3.63) is 9.48 Å². The number of rotatable bonds is 5. The monoisotopic (exact) mass is 278 g/mol. The number of carbonyl (C=O) groups excluding carboxylic acids is 1. The maximum absolute atomic E-state index is 11.3. The molecule has 0 N–H and O–H groups in total. The van der Waals surface area contributed by atoms with Crippen molar-refractivity contribution in [2.75, 3.05) is 6.61 Å². The quantitative estimate of drug-likeness (QED) is 0.614. The third kappa shape index (κ3) is 3.34. The van der Waals surface area contributed by atoms with Gasteiger partial charge in [0.1, 0.15) is 3.79 Å². The number of esters is 1. The van der Waals surface area contributed by atoms with E-state index in [-0.39, 0.29) is 5.69 Å². The average Bonchev–Trinajstić information content (AvgIpc) is 2.59.